The van der Waals surface area contributed by atoms with Gasteiger partial charge < -0.3 is 14.5 Å². The number of hydrogen-bond donors (Lipinski definition) is 0. The summed E-state index contributed by atoms with van der Waals surface area (Å²) in [5.74, 6) is 0.467. The third kappa shape index (κ3) is 3.96. The van der Waals surface area contributed by atoms with Crippen LogP contribution in [0.3, 0.4) is 0 Å². The van der Waals surface area contributed by atoms with E-state index in [-0.39, 0.29) is 11.7 Å². The van der Waals surface area contributed by atoms with Gasteiger partial charge in [0.25, 0.3) is 5.91 Å². The minimum atomic E-state index is -0.344. The van der Waals surface area contributed by atoms with Crippen molar-refractivity contribution in [2.45, 2.75) is 13.5 Å². The Morgan fingerprint density at radius 1 is 1.20 bits per heavy atom. The fourth-order valence-corrected chi connectivity index (χ4v) is 2.97. The van der Waals surface area contributed by atoms with Crippen LogP contribution in [-0.4, -0.2) is 49.1 Å². The number of carbonyl (C=O) groups excluding carboxylic acids is 1. The number of halogens is 1. The Kier molecular flexibility index (Phi) is 5.28. The topological polar surface area (TPSA) is 45.7 Å². The third-order valence-corrected chi connectivity index (χ3v) is 4.34. The first kappa shape index (κ1) is 17.4. The van der Waals surface area contributed by atoms with E-state index in [0.717, 1.165) is 23.6 Å². The van der Waals surface area contributed by atoms with Gasteiger partial charge in [0.1, 0.15) is 11.6 Å². The van der Waals surface area contributed by atoms with Crippen molar-refractivity contribution in [1.82, 2.24) is 9.88 Å². The van der Waals surface area contributed by atoms with Crippen molar-refractivity contribution in [2.75, 3.05) is 38.3 Å². The van der Waals surface area contributed by atoms with Crippen LogP contribution in [0.15, 0.2) is 36.4 Å². The van der Waals surface area contributed by atoms with Crippen molar-refractivity contribution in [3.8, 4) is 0 Å². The van der Waals surface area contributed by atoms with Crippen LogP contribution >= 0.6 is 0 Å². The zero-order valence-electron chi connectivity index (χ0n) is 14.5. The molecule has 0 radical (unpaired) electrons. The van der Waals surface area contributed by atoms with E-state index in [9.17, 15) is 9.18 Å². The fraction of sp³-hybridized carbons (Fsp3) is 0.368. The summed E-state index contributed by atoms with van der Waals surface area (Å²) >= 11 is 0. The summed E-state index contributed by atoms with van der Waals surface area (Å²) in [4.78, 5) is 21.4. The quantitative estimate of drug-likeness (QED) is 0.856. The van der Waals surface area contributed by atoms with Crippen LogP contribution in [0.5, 0.6) is 0 Å². The molecule has 1 amide bonds. The molecule has 0 N–H and O–H groups in total. The van der Waals surface area contributed by atoms with Crippen molar-refractivity contribution in [1.29, 1.82) is 0 Å². The van der Waals surface area contributed by atoms with E-state index in [4.69, 9.17) is 4.74 Å². The van der Waals surface area contributed by atoms with Gasteiger partial charge in [-0.25, -0.2) is 9.37 Å². The first-order chi connectivity index (χ1) is 12.1. The maximum Gasteiger partial charge on any atom is 0.254 e. The average Bonchev–Trinajstić information content (AvgIpc) is 2.79. The SMILES string of the molecule is COCCN1CCN(C(=O)c2ccc(F)cc2)Cc2ccc(C)nc21. The molecular weight excluding hydrogens is 321 g/mol. The summed E-state index contributed by atoms with van der Waals surface area (Å²) in [6.07, 6.45) is 0. The highest BCUT2D eigenvalue weighted by atomic mass is 19.1. The number of methoxy groups -OCH3 is 1. The Balaban J connectivity index is 1.86. The van der Waals surface area contributed by atoms with Gasteiger partial charge in [-0.05, 0) is 37.3 Å². The Hall–Kier alpha value is -2.47. The minimum absolute atomic E-state index is 0.0971. The number of pyridine rings is 1. The third-order valence-electron chi connectivity index (χ3n) is 4.34. The monoisotopic (exact) mass is 343 g/mol. The molecule has 1 aliphatic heterocycles. The van der Waals surface area contributed by atoms with E-state index >= 15 is 0 Å². The van der Waals surface area contributed by atoms with Crippen LogP contribution in [-0.2, 0) is 11.3 Å². The lowest BCUT2D eigenvalue weighted by Crippen LogP contribution is -2.36. The molecule has 0 bridgehead atoms. The molecule has 0 spiro atoms. The minimum Gasteiger partial charge on any atom is -0.383 e. The lowest BCUT2D eigenvalue weighted by molar-refractivity contribution is 0.0751. The molecule has 1 aliphatic rings. The number of fused-ring (bicyclic) bond motifs is 1. The Bertz CT molecular complexity index is 749. The van der Waals surface area contributed by atoms with Gasteiger partial charge in [0, 0.05) is 50.1 Å². The molecule has 0 saturated carbocycles. The van der Waals surface area contributed by atoms with E-state index in [2.05, 4.69) is 9.88 Å². The largest absolute Gasteiger partial charge is 0.383 e. The summed E-state index contributed by atoms with van der Waals surface area (Å²) in [6, 6.07) is 9.66. The molecule has 25 heavy (non-hydrogen) atoms. The lowest BCUT2D eigenvalue weighted by Gasteiger charge is -2.23. The molecule has 0 unspecified atom stereocenters. The van der Waals surface area contributed by atoms with Crippen LogP contribution in [0.1, 0.15) is 21.6 Å². The van der Waals surface area contributed by atoms with E-state index < -0.39 is 0 Å². The van der Waals surface area contributed by atoms with E-state index in [1.807, 2.05) is 19.1 Å². The van der Waals surface area contributed by atoms with Gasteiger partial charge in [0.05, 0.1) is 6.61 Å². The predicted octanol–water partition coefficient (Wildman–Crippen LogP) is 2.64. The lowest BCUT2D eigenvalue weighted by atomic mass is 10.1. The smallest absolute Gasteiger partial charge is 0.254 e. The van der Waals surface area contributed by atoms with Gasteiger partial charge in [-0.2, -0.15) is 0 Å². The molecule has 0 saturated heterocycles. The van der Waals surface area contributed by atoms with E-state index in [1.165, 1.54) is 24.3 Å². The molecule has 2 heterocycles. The van der Waals surface area contributed by atoms with Gasteiger partial charge in [-0.3, -0.25) is 4.79 Å². The van der Waals surface area contributed by atoms with Crippen LogP contribution in [0.25, 0.3) is 0 Å². The Morgan fingerprint density at radius 2 is 1.96 bits per heavy atom. The molecule has 1 aromatic heterocycles. The Labute approximate surface area is 147 Å². The summed E-state index contributed by atoms with van der Waals surface area (Å²) in [7, 11) is 1.67. The van der Waals surface area contributed by atoms with Gasteiger partial charge in [0.2, 0.25) is 0 Å². The highest BCUT2D eigenvalue weighted by Gasteiger charge is 2.24. The van der Waals surface area contributed by atoms with Crippen LogP contribution < -0.4 is 4.90 Å². The molecular formula is C19H22FN3O2. The van der Waals surface area contributed by atoms with Crippen molar-refractivity contribution in [3.63, 3.8) is 0 Å². The number of amides is 1. The van der Waals surface area contributed by atoms with Crippen LogP contribution in [0, 0.1) is 12.7 Å². The summed E-state index contributed by atoms with van der Waals surface area (Å²) < 4.78 is 18.3. The molecule has 0 fully saturated rings. The van der Waals surface area contributed by atoms with Gasteiger partial charge >= 0.3 is 0 Å². The maximum absolute atomic E-state index is 13.1. The molecule has 1 aromatic carbocycles. The molecule has 0 aliphatic carbocycles. The normalized spacial score (nSPS) is 14.2. The summed E-state index contributed by atoms with van der Waals surface area (Å²) in [5, 5.41) is 0. The zero-order chi connectivity index (χ0) is 17.8. The number of rotatable bonds is 4. The molecule has 132 valence electrons. The number of carbonyl (C=O) groups is 1. The highest BCUT2D eigenvalue weighted by molar-refractivity contribution is 5.94. The van der Waals surface area contributed by atoms with Crippen molar-refractivity contribution in [2.24, 2.45) is 0 Å². The number of nitrogens with zero attached hydrogens (tertiary/aromatic N) is 3. The first-order valence-electron chi connectivity index (χ1n) is 8.33. The maximum atomic E-state index is 13.1. The number of hydrogen-bond acceptors (Lipinski definition) is 4. The predicted molar refractivity (Wildman–Crippen MR) is 94.2 cm³/mol. The standard InChI is InChI=1S/C19H22FN3O2/c1-14-3-4-16-13-23(19(24)15-5-7-17(20)8-6-15)10-9-22(11-12-25-2)18(16)21-14/h3-8H,9-13H2,1-2H3. The van der Waals surface area contributed by atoms with E-state index in [0.29, 0.717) is 31.8 Å². The van der Waals surface area contributed by atoms with Crippen molar-refractivity contribution >= 4 is 11.7 Å². The second-order valence-electron chi connectivity index (χ2n) is 6.15. The number of aryl methyl sites for hydroxylation is 1. The van der Waals surface area contributed by atoms with Gasteiger partial charge in [0.15, 0.2) is 0 Å². The van der Waals surface area contributed by atoms with E-state index in [1.54, 1.807) is 12.0 Å². The van der Waals surface area contributed by atoms with Gasteiger partial charge in [-0.15, -0.1) is 0 Å². The summed E-state index contributed by atoms with van der Waals surface area (Å²) in [6.45, 7) is 5.03. The van der Waals surface area contributed by atoms with Crippen molar-refractivity contribution in [3.05, 3.63) is 59.0 Å². The van der Waals surface area contributed by atoms with Crippen LogP contribution in [0.2, 0.25) is 0 Å². The second kappa shape index (κ2) is 7.61. The number of benzene rings is 1. The zero-order valence-corrected chi connectivity index (χ0v) is 14.5. The second-order valence-corrected chi connectivity index (χ2v) is 6.15. The Morgan fingerprint density at radius 3 is 2.68 bits per heavy atom. The molecule has 3 rings (SSSR count). The van der Waals surface area contributed by atoms with Crippen molar-refractivity contribution < 1.29 is 13.9 Å². The average molecular weight is 343 g/mol. The molecule has 0 atom stereocenters. The molecule has 2 aromatic rings. The number of anilines is 1. The highest BCUT2D eigenvalue weighted by Crippen LogP contribution is 2.24. The fourth-order valence-electron chi connectivity index (χ4n) is 2.97. The number of aromatic nitrogens is 1. The first-order valence-corrected chi connectivity index (χ1v) is 8.33. The molecule has 5 nitrogen and oxygen atoms in total. The molecule has 6 heteroatoms. The van der Waals surface area contributed by atoms with Gasteiger partial charge in [-0.1, -0.05) is 6.07 Å². The van der Waals surface area contributed by atoms with Crippen LogP contribution in [0.4, 0.5) is 10.2 Å². The number of ether oxygens (including phenoxy) is 1. The summed E-state index contributed by atoms with van der Waals surface area (Å²) in [5.41, 5.74) is 2.45.